The van der Waals surface area contributed by atoms with Gasteiger partial charge in [0.15, 0.2) is 5.82 Å². The van der Waals surface area contributed by atoms with Crippen molar-refractivity contribution in [2.75, 3.05) is 11.9 Å². The van der Waals surface area contributed by atoms with Crippen molar-refractivity contribution in [1.29, 1.82) is 0 Å². The lowest BCUT2D eigenvalue weighted by atomic mass is 9.92. The fourth-order valence-corrected chi connectivity index (χ4v) is 3.47. The van der Waals surface area contributed by atoms with Gasteiger partial charge in [-0.25, -0.2) is 4.68 Å². The second-order valence-electron chi connectivity index (χ2n) is 6.99. The fraction of sp³-hybridized carbons (Fsp3) is 0.474. The number of piperidine rings is 1. The van der Waals surface area contributed by atoms with Crippen LogP contribution in [0.5, 0.6) is 0 Å². The summed E-state index contributed by atoms with van der Waals surface area (Å²) in [5, 5.41) is 11.0. The van der Waals surface area contributed by atoms with Crippen molar-refractivity contribution in [1.82, 2.24) is 15.1 Å². The zero-order chi connectivity index (χ0) is 17.3. The van der Waals surface area contributed by atoms with Crippen LogP contribution in [0.2, 0.25) is 0 Å². The molecule has 6 heteroatoms. The molecule has 136 valence electrons. The number of hydrogen-bond acceptors (Lipinski definition) is 3. The van der Waals surface area contributed by atoms with Crippen molar-refractivity contribution in [3.05, 3.63) is 41.1 Å². The Bertz CT molecular complexity index is 736. The number of aryl methyl sites for hydroxylation is 3. The van der Waals surface area contributed by atoms with E-state index in [0.29, 0.717) is 11.9 Å². The zero-order valence-corrected chi connectivity index (χ0v) is 16.1. The molecule has 2 N–H and O–H groups in total. The molecule has 2 aromatic rings. The van der Waals surface area contributed by atoms with Crippen molar-refractivity contribution >= 4 is 24.1 Å². The van der Waals surface area contributed by atoms with Gasteiger partial charge in [-0.05, 0) is 70.3 Å². The van der Waals surface area contributed by atoms with Crippen LogP contribution < -0.4 is 10.6 Å². The van der Waals surface area contributed by atoms with Crippen LogP contribution in [0.1, 0.15) is 36.6 Å². The molecule has 1 saturated heterocycles. The summed E-state index contributed by atoms with van der Waals surface area (Å²) in [6, 6.07) is 8.67. The van der Waals surface area contributed by atoms with E-state index in [-0.39, 0.29) is 24.2 Å². The van der Waals surface area contributed by atoms with Gasteiger partial charge in [-0.1, -0.05) is 6.07 Å². The van der Waals surface area contributed by atoms with Gasteiger partial charge < -0.3 is 10.6 Å². The Kier molecular flexibility index (Phi) is 6.25. The van der Waals surface area contributed by atoms with E-state index >= 15 is 0 Å². The van der Waals surface area contributed by atoms with Gasteiger partial charge in [-0.2, -0.15) is 0 Å². The van der Waals surface area contributed by atoms with Gasteiger partial charge in [0.1, 0.15) is 0 Å². The molecule has 1 aliphatic heterocycles. The lowest BCUT2D eigenvalue weighted by molar-refractivity contribution is -0.120. The quantitative estimate of drug-likeness (QED) is 0.877. The second-order valence-corrected chi connectivity index (χ2v) is 6.99. The molecule has 1 aromatic carbocycles. The number of nitrogens with one attached hydrogen (secondary N) is 2. The van der Waals surface area contributed by atoms with Crippen LogP contribution >= 0.6 is 12.4 Å². The minimum atomic E-state index is 0. The molecule has 0 unspecified atom stereocenters. The van der Waals surface area contributed by atoms with Gasteiger partial charge >= 0.3 is 0 Å². The molecule has 3 rings (SSSR count). The van der Waals surface area contributed by atoms with E-state index in [4.69, 9.17) is 0 Å². The first-order valence-electron chi connectivity index (χ1n) is 8.62. The summed E-state index contributed by atoms with van der Waals surface area (Å²) in [6.07, 6.45) is 1.76. The normalized spacial score (nSPS) is 20.0. The van der Waals surface area contributed by atoms with E-state index in [2.05, 4.69) is 54.7 Å². The molecule has 1 aromatic heterocycles. The van der Waals surface area contributed by atoms with Crippen LogP contribution in [-0.4, -0.2) is 28.3 Å². The number of halogens is 1. The van der Waals surface area contributed by atoms with Crippen LogP contribution in [0.3, 0.4) is 0 Å². The van der Waals surface area contributed by atoms with E-state index in [0.717, 1.165) is 30.8 Å². The van der Waals surface area contributed by atoms with Crippen LogP contribution in [0.4, 0.5) is 5.82 Å². The number of amides is 1. The Hall–Kier alpha value is -1.85. The molecule has 0 radical (unpaired) electrons. The first-order valence-corrected chi connectivity index (χ1v) is 8.62. The summed E-state index contributed by atoms with van der Waals surface area (Å²) in [4.78, 5) is 12.5. The molecule has 2 heterocycles. The minimum absolute atomic E-state index is 0. The number of anilines is 1. The maximum absolute atomic E-state index is 12.5. The van der Waals surface area contributed by atoms with E-state index < -0.39 is 0 Å². The van der Waals surface area contributed by atoms with Gasteiger partial charge in [0.05, 0.1) is 5.69 Å². The average molecular weight is 363 g/mol. The van der Waals surface area contributed by atoms with Crippen molar-refractivity contribution in [2.45, 2.75) is 46.6 Å². The second kappa shape index (κ2) is 8.02. The highest BCUT2D eigenvalue weighted by molar-refractivity contribution is 5.91. The van der Waals surface area contributed by atoms with Crippen molar-refractivity contribution in [2.24, 2.45) is 5.92 Å². The van der Waals surface area contributed by atoms with Crippen molar-refractivity contribution in [3.8, 4) is 5.69 Å². The third kappa shape index (κ3) is 4.61. The monoisotopic (exact) mass is 362 g/mol. The molecular weight excluding hydrogens is 336 g/mol. The molecule has 1 amide bonds. The van der Waals surface area contributed by atoms with Crippen LogP contribution in [0, 0.1) is 26.7 Å². The van der Waals surface area contributed by atoms with Crippen LogP contribution in [0.15, 0.2) is 24.3 Å². The summed E-state index contributed by atoms with van der Waals surface area (Å²) in [5.74, 6) is 0.768. The number of carbonyl (C=O) groups is 1. The third-order valence-corrected chi connectivity index (χ3v) is 4.58. The highest BCUT2D eigenvalue weighted by atomic mass is 35.5. The zero-order valence-electron chi connectivity index (χ0n) is 15.3. The standard InChI is InChI=1S/C19H26N4O.ClH/c1-12-7-13(2)9-17(8-12)23-15(4)11-18(22-23)21-19(24)16-5-6-20-14(3)10-16;/h7-9,11,14,16,20H,5-6,10H2,1-4H3,(H,21,22,24);1H/t14-,16-;/m0./s1. The van der Waals surface area contributed by atoms with Gasteiger partial charge in [0, 0.05) is 23.7 Å². The van der Waals surface area contributed by atoms with E-state index in [9.17, 15) is 4.79 Å². The molecule has 25 heavy (non-hydrogen) atoms. The number of aromatic nitrogens is 2. The van der Waals surface area contributed by atoms with Gasteiger partial charge in [0.2, 0.25) is 5.91 Å². The summed E-state index contributed by atoms with van der Waals surface area (Å²) in [6.45, 7) is 9.19. The molecule has 5 nitrogen and oxygen atoms in total. The Morgan fingerprint density at radius 1 is 1.20 bits per heavy atom. The minimum Gasteiger partial charge on any atom is -0.314 e. The Labute approximate surface area is 155 Å². The maximum atomic E-state index is 12.5. The van der Waals surface area contributed by atoms with E-state index in [1.54, 1.807) is 0 Å². The molecule has 0 aliphatic carbocycles. The topological polar surface area (TPSA) is 59.0 Å². The highest BCUT2D eigenvalue weighted by Gasteiger charge is 2.25. The third-order valence-electron chi connectivity index (χ3n) is 4.58. The number of hydrogen-bond donors (Lipinski definition) is 2. The molecule has 0 saturated carbocycles. The van der Waals surface area contributed by atoms with Crippen molar-refractivity contribution < 1.29 is 4.79 Å². The predicted molar refractivity (Wildman–Crippen MR) is 104 cm³/mol. The summed E-state index contributed by atoms with van der Waals surface area (Å²) < 4.78 is 1.89. The fourth-order valence-electron chi connectivity index (χ4n) is 3.47. The first-order chi connectivity index (χ1) is 11.4. The van der Waals surface area contributed by atoms with Crippen LogP contribution in [0.25, 0.3) is 5.69 Å². The lowest BCUT2D eigenvalue weighted by Gasteiger charge is -2.26. The lowest BCUT2D eigenvalue weighted by Crippen LogP contribution is -2.40. The van der Waals surface area contributed by atoms with Crippen LogP contribution in [-0.2, 0) is 4.79 Å². The first kappa shape index (κ1) is 19.5. The number of benzene rings is 1. The number of rotatable bonds is 3. The maximum Gasteiger partial charge on any atom is 0.228 e. The van der Waals surface area contributed by atoms with Gasteiger partial charge in [-0.15, -0.1) is 17.5 Å². The van der Waals surface area contributed by atoms with Gasteiger partial charge in [-0.3, -0.25) is 4.79 Å². The molecule has 1 aliphatic rings. The summed E-state index contributed by atoms with van der Waals surface area (Å²) in [7, 11) is 0. The summed E-state index contributed by atoms with van der Waals surface area (Å²) >= 11 is 0. The van der Waals surface area contributed by atoms with E-state index in [1.807, 2.05) is 17.7 Å². The Morgan fingerprint density at radius 3 is 2.52 bits per heavy atom. The Morgan fingerprint density at radius 2 is 1.88 bits per heavy atom. The number of carbonyl (C=O) groups excluding carboxylic acids is 1. The summed E-state index contributed by atoms with van der Waals surface area (Å²) in [5.41, 5.74) is 4.44. The predicted octanol–water partition coefficient (Wildman–Crippen LogP) is 3.55. The molecule has 0 bridgehead atoms. The Balaban J connectivity index is 0.00000225. The average Bonchev–Trinajstić information content (AvgIpc) is 2.87. The van der Waals surface area contributed by atoms with E-state index in [1.165, 1.54) is 11.1 Å². The molecule has 2 atom stereocenters. The van der Waals surface area contributed by atoms with Crippen molar-refractivity contribution in [3.63, 3.8) is 0 Å². The smallest absolute Gasteiger partial charge is 0.228 e. The number of nitrogens with zero attached hydrogens (tertiary/aromatic N) is 2. The molecule has 1 fully saturated rings. The largest absolute Gasteiger partial charge is 0.314 e. The highest BCUT2D eigenvalue weighted by Crippen LogP contribution is 2.21. The van der Waals surface area contributed by atoms with Gasteiger partial charge in [0.25, 0.3) is 0 Å². The SMILES string of the molecule is Cc1cc(C)cc(-n2nc(NC(=O)[C@H]3CCN[C@@H](C)C3)cc2C)c1.Cl. The molecule has 0 spiro atoms. The molecular formula is C19H27ClN4O.